The lowest BCUT2D eigenvalue weighted by Crippen LogP contribution is -2.34. The van der Waals surface area contributed by atoms with Crippen LogP contribution in [0.15, 0.2) is 0 Å². The molecule has 0 radical (unpaired) electrons. The molecule has 0 spiro atoms. The first kappa shape index (κ1) is 15.9. The molecule has 5 nitrogen and oxygen atoms in total. The van der Waals surface area contributed by atoms with E-state index < -0.39 is 5.60 Å². The highest BCUT2D eigenvalue weighted by Crippen LogP contribution is 2.17. The van der Waals surface area contributed by atoms with Gasteiger partial charge in [0.1, 0.15) is 0 Å². The minimum atomic E-state index is -0.713. The third kappa shape index (κ3) is 4.82. The molecule has 3 atom stereocenters. The van der Waals surface area contributed by atoms with Crippen LogP contribution in [0.2, 0.25) is 0 Å². The minimum Gasteiger partial charge on any atom is -0.389 e. The fraction of sp³-hybridized carbons (Fsp3) is 1.00. The summed E-state index contributed by atoms with van der Waals surface area (Å²) in [7, 11) is 3.47. The van der Waals surface area contributed by atoms with Crippen molar-refractivity contribution in [1.82, 2.24) is 4.90 Å². The summed E-state index contributed by atoms with van der Waals surface area (Å²) in [6, 6.07) is 0. The van der Waals surface area contributed by atoms with Gasteiger partial charge in [0, 0.05) is 33.9 Å². The first-order valence-electron chi connectivity index (χ1n) is 6.73. The number of methoxy groups -OCH3 is 2. The third-order valence-corrected chi connectivity index (χ3v) is 3.78. The molecule has 1 saturated heterocycles. The Morgan fingerprint density at radius 2 is 1.78 bits per heavy atom. The highest BCUT2D eigenvalue weighted by atomic mass is 16.5. The molecule has 5 heteroatoms. The van der Waals surface area contributed by atoms with Crippen LogP contribution in [-0.4, -0.2) is 68.2 Å². The Bertz CT molecular complexity index is 224. The van der Waals surface area contributed by atoms with Crippen molar-refractivity contribution in [3.63, 3.8) is 0 Å². The number of likely N-dealkylation sites (tertiary alicyclic amines) is 1. The van der Waals surface area contributed by atoms with Crippen LogP contribution in [0.1, 0.15) is 26.2 Å². The topological polar surface area (TPSA) is 68.0 Å². The zero-order chi connectivity index (χ0) is 13.6. The van der Waals surface area contributed by atoms with Gasteiger partial charge in [-0.2, -0.15) is 0 Å². The molecule has 0 bridgehead atoms. The highest BCUT2D eigenvalue weighted by molar-refractivity contribution is 4.85. The van der Waals surface area contributed by atoms with Crippen LogP contribution < -0.4 is 5.73 Å². The molecule has 0 aromatic carbocycles. The van der Waals surface area contributed by atoms with Crippen LogP contribution in [0.5, 0.6) is 0 Å². The van der Waals surface area contributed by atoms with E-state index in [0.717, 1.165) is 38.9 Å². The van der Waals surface area contributed by atoms with Crippen molar-refractivity contribution >= 4 is 0 Å². The molecule has 1 fully saturated rings. The monoisotopic (exact) mass is 260 g/mol. The lowest BCUT2D eigenvalue weighted by atomic mass is 9.99. The predicted molar refractivity (Wildman–Crippen MR) is 71.6 cm³/mol. The Morgan fingerprint density at radius 1 is 1.22 bits per heavy atom. The highest BCUT2D eigenvalue weighted by Gasteiger charge is 2.32. The van der Waals surface area contributed by atoms with Gasteiger partial charge in [0.25, 0.3) is 0 Å². The maximum atomic E-state index is 9.80. The van der Waals surface area contributed by atoms with E-state index in [-0.39, 0.29) is 12.2 Å². The van der Waals surface area contributed by atoms with E-state index in [1.54, 1.807) is 21.1 Å². The second-order valence-electron chi connectivity index (χ2n) is 5.47. The maximum Gasteiger partial charge on any atom is 0.0971 e. The molecule has 0 aromatic heterocycles. The van der Waals surface area contributed by atoms with E-state index in [0.29, 0.717) is 6.54 Å². The summed E-state index contributed by atoms with van der Waals surface area (Å²) in [5.74, 6) is 0. The molecule has 1 heterocycles. The molecular weight excluding hydrogens is 232 g/mol. The number of nitrogens with two attached hydrogens (primary N) is 1. The Kier molecular flexibility index (Phi) is 6.52. The summed E-state index contributed by atoms with van der Waals surface area (Å²) in [6.07, 6.45) is 3.20. The van der Waals surface area contributed by atoms with Crippen LogP contribution in [-0.2, 0) is 9.47 Å². The maximum absolute atomic E-state index is 9.80. The Morgan fingerprint density at radius 3 is 2.22 bits per heavy atom. The van der Waals surface area contributed by atoms with Crippen LogP contribution in [0.4, 0.5) is 0 Å². The number of aliphatic hydroxyl groups is 1. The van der Waals surface area contributed by atoms with Gasteiger partial charge in [0.15, 0.2) is 0 Å². The molecule has 1 aliphatic rings. The SMILES string of the molecule is COC1CN(CCCCC(C)(O)CN)CC1OC. The first-order chi connectivity index (χ1) is 8.52. The van der Waals surface area contributed by atoms with Gasteiger partial charge in [-0.05, 0) is 32.7 Å². The molecule has 3 unspecified atom stereocenters. The van der Waals surface area contributed by atoms with Gasteiger partial charge in [-0.15, -0.1) is 0 Å². The summed E-state index contributed by atoms with van der Waals surface area (Å²) in [6.45, 7) is 5.02. The second-order valence-corrected chi connectivity index (χ2v) is 5.47. The standard InChI is InChI=1S/C13H28N2O3/c1-13(16,10-14)6-4-5-7-15-8-11(17-2)12(9-15)18-3/h11-12,16H,4-10,14H2,1-3H3. The van der Waals surface area contributed by atoms with Crippen LogP contribution in [0, 0.1) is 0 Å². The summed E-state index contributed by atoms with van der Waals surface area (Å²) >= 11 is 0. The quantitative estimate of drug-likeness (QED) is 0.611. The van der Waals surface area contributed by atoms with Gasteiger partial charge in [0.2, 0.25) is 0 Å². The molecule has 108 valence electrons. The van der Waals surface area contributed by atoms with E-state index in [4.69, 9.17) is 15.2 Å². The van der Waals surface area contributed by atoms with E-state index in [9.17, 15) is 5.11 Å². The Labute approximate surface area is 110 Å². The normalized spacial score (nSPS) is 28.5. The van der Waals surface area contributed by atoms with E-state index in [1.807, 2.05) is 0 Å². The van der Waals surface area contributed by atoms with E-state index >= 15 is 0 Å². The van der Waals surface area contributed by atoms with Crippen molar-refractivity contribution in [2.75, 3.05) is 40.4 Å². The number of unbranched alkanes of at least 4 members (excludes halogenated alkanes) is 1. The summed E-state index contributed by atoms with van der Waals surface area (Å²) in [5, 5.41) is 9.80. The molecule has 0 aromatic rings. The van der Waals surface area contributed by atoms with Crippen molar-refractivity contribution < 1.29 is 14.6 Å². The number of nitrogens with zero attached hydrogens (tertiary/aromatic N) is 1. The lowest BCUT2D eigenvalue weighted by Gasteiger charge is -2.21. The number of ether oxygens (including phenoxy) is 2. The van der Waals surface area contributed by atoms with Gasteiger partial charge in [-0.25, -0.2) is 0 Å². The number of hydrogen-bond acceptors (Lipinski definition) is 5. The summed E-state index contributed by atoms with van der Waals surface area (Å²) in [5.41, 5.74) is 4.78. The van der Waals surface area contributed by atoms with Crippen molar-refractivity contribution in [2.45, 2.75) is 44.0 Å². The molecule has 18 heavy (non-hydrogen) atoms. The van der Waals surface area contributed by atoms with Crippen LogP contribution in [0.25, 0.3) is 0 Å². The number of rotatable bonds is 8. The van der Waals surface area contributed by atoms with Crippen LogP contribution in [0.3, 0.4) is 0 Å². The second kappa shape index (κ2) is 7.40. The molecule has 1 rings (SSSR count). The summed E-state index contributed by atoms with van der Waals surface area (Å²) in [4.78, 5) is 2.36. The molecule has 0 aliphatic carbocycles. The van der Waals surface area contributed by atoms with Gasteiger partial charge >= 0.3 is 0 Å². The van der Waals surface area contributed by atoms with Crippen molar-refractivity contribution in [3.05, 3.63) is 0 Å². The van der Waals surface area contributed by atoms with Gasteiger partial charge in [0.05, 0.1) is 17.8 Å². The van der Waals surface area contributed by atoms with Gasteiger partial charge in [-0.1, -0.05) is 0 Å². The largest absolute Gasteiger partial charge is 0.389 e. The smallest absolute Gasteiger partial charge is 0.0971 e. The average molecular weight is 260 g/mol. The fourth-order valence-corrected chi connectivity index (χ4v) is 2.40. The molecule has 0 amide bonds. The van der Waals surface area contributed by atoms with E-state index in [2.05, 4.69) is 4.90 Å². The van der Waals surface area contributed by atoms with Gasteiger partial charge in [-0.3, -0.25) is 4.90 Å². The molecular formula is C13H28N2O3. The third-order valence-electron chi connectivity index (χ3n) is 3.78. The Hall–Kier alpha value is -0.200. The summed E-state index contributed by atoms with van der Waals surface area (Å²) < 4.78 is 10.8. The first-order valence-corrected chi connectivity index (χ1v) is 6.73. The van der Waals surface area contributed by atoms with Crippen molar-refractivity contribution in [2.24, 2.45) is 5.73 Å². The molecule has 3 N–H and O–H groups in total. The van der Waals surface area contributed by atoms with E-state index in [1.165, 1.54) is 0 Å². The van der Waals surface area contributed by atoms with Crippen LogP contribution >= 0.6 is 0 Å². The lowest BCUT2D eigenvalue weighted by molar-refractivity contribution is -0.00461. The molecule has 0 saturated carbocycles. The fourth-order valence-electron chi connectivity index (χ4n) is 2.40. The zero-order valence-corrected chi connectivity index (χ0v) is 11.9. The zero-order valence-electron chi connectivity index (χ0n) is 11.9. The minimum absolute atomic E-state index is 0.183. The molecule has 1 aliphatic heterocycles. The van der Waals surface area contributed by atoms with Crippen molar-refractivity contribution in [1.29, 1.82) is 0 Å². The predicted octanol–water partition coefficient (Wildman–Crippen LogP) is 0.212. The average Bonchev–Trinajstić information content (AvgIpc) is 2.77. The Balaban J connectivity index is 2.17. The van der Waals surface area contributed by atoms with Crippen molar-refractivity contribution in [3.8, 4) is 0 Å². The number of hydrogen-bond donors (Lipinski definition) is 2. The van der Waals surface area contributed by atoms with Gasteiger partial charge < -0.3 is 20.3 Å².